The van der Waals surface area contributed by atoms with Gasteiger partial charge in [0, 0.05) is 6.42 Å². The van der Waals surface area contributed by atoms with Crippen molar-refractivity contribution < 1.29 is 22.7 Å². The molecule has 0 saturated carbocycles. The lowest BCUT2D eigenvalue weighted by Crippen LogP contribution is -2.28. The number of benzene rings is 2. The second-order valence-electron chi connectivity index (χ2n) is 5.12. The van der Waals surface area contributed by atoms with E-state index in [4.69, 9.17) is 0 Å². The van der Waals surface area contributed by atoms with Crippen molar-refractivity contribution in [2.45, 2.75) is 25.1 Å². The molecule has 1 N–H and O–H groups in total. The molecule has 0 heterocycles. The van der Waals surface area contributed by atoms with E-state index in [0.717, 1.165) is 6.07 Å². The first kappa shape index (κ1) is 15.5. The van der Waals surface area contributed by atoms with Crippen LogP contribution in [0.25, 0.3) is 0 Å². The molecule has 0 amide bonds. The Balaban J connectivity index is 2.40. The molecule has 5 heteroatoms. The monoisotopic (exact) mass is 298 g/mol. The number of hydrogen-bond donors (Lipinski definition) is 1. The third-order valence-corrected chi connectivity index (χ3v) is 3.25. The zero-order valence-electron chi connectivity index (χ0n) is 11.3. The molecule has 0 spiro atoms. The molecule has 2 aromatic carbocycles. The molecule has 0 aliphatic carbocycles. The molecule has 1 unspecified atom stereocenters. The summed E-state index contributed by atoms with van der Waals surface area (Å²) in [5, 5.41) is 10.5. The van der Waals surface area contributed by atoms with Gasteiger partial charge in [-0.05, 0) is 36.2 Å². The van der Waals surface area contributed by atoms with Crippen LogP contribution in [-0.4, -0.2) is 5.11 Å². The van der Waals surface area contributed by atoms with Gasteiger partial charge in [-0.1, -0.05) is 30.3 Å². The summed E-state index contributed by atoms with van der Waals surface area (Å²) in [5.41, 5.74) is -2.43. The minimum Gasteiger partial charge on any atom is -0.385 e. The molecule has 0 bridgehead atoms. The van der Waals surface area contributed by atoms with Gasteiger partial charge in [0.1, 0.15) is 5.82 Å². The summed E-state index contributed by atoms with van der Waals surface area (Å²) in [4.78, 5) is 0. The number of alkyl halides is 3. The summed E-state index contributed by atoms with van der Waals surface area (Å²) in [6, 6.07) is 10.3. The molecular formula is C16H14F4O. The van der Waals surface area contributed by atoms with E-state index in [9.17, 15) is 22.7 Å². The maximum atomic E-state index is 13.2. The second kappa shape index (κ2) is 5.48. The maximum absolute atomic E-state index is 13.2. The van der Waals surface area contributed by atoms with Gasteiger partial charge in [0.25, 0.3) is 0 Å². The predicted molar refractivity (Wildman–Crippen MR) is 71.1 cm³/mol. The normalized spacial score (nSPS) is 14.8. The third-order valence-electron chi connectivity index (χ3n) is 3.25. The van der Waals surface area contributed by atoms with Crippen molar-refractivity contribution in [2.24, 2.45) is 0 Å². The van der Waals surface area contributed by atoms with Crippen molar-refractivity contribution >= 4 is 0 Å². The van der Waals surface area contributed by atoms with Gasteiger partial charge in [0.2, 0.25) is 0 Å². The van der Waals surface area contributed by atoms with Gasteiger partial charge in [-0.15, -0.1) is 0 Å². The quantitative estimate of drug-likeness (QED) is 0.838. The summed E-state index contributed by atoms with van der Waals surface area (Å²) in [5.74, 6) is -0.493. The van der Waals surface area contributed by atoms with Crippen LogP contribution >= 0.6 is 0 Å². The summed E-state index contributed by atoms with van der Waals surface area (Å²) in [7, 11) is 0. The van der Waals surface area contributed by atoms with Crippen LogP contribution in [0.1, 0.15) is 23.6 Å². The SMILES string of the molecule is CC(O)(Cc1cccc(F)c1)c1ccccc1C(F)(F)F. The highest BCUT2D eigenvalue weighted by Gasteiger charge is 2.38. The second-order valence-corrected chi connectivity index (χ2v) is 5.12. The van der Waals surface area contributed by atoms with Gasteiger partial charge in [-0.2, -0.15) is 13.2 Å². The van der Waals surface area contributed by atoms with Crippen LogP contribution in [0.4, 0.5) is 17.6 Å². The Morgan fingerprint density at radius 1 is 0.952 bits per heavy atom. The Morgan fingerprint density at radius 3 is 2.14 bits per heavy atom. The minimum atomic E-state index is -4.55. The summed E-state index contributed by atoms with van der Waals surface area (Å²) < 4.78 is 52.2. The van der Waals surface area contributed by atoms with Crippen molar-refractivity contribution in [1.29, 1.82) is 0 Å². The lowest BCUT2D eigenvalue weighted by atomic mass is 9.86. The van der Waals surface area contributed by atoms with Crippen LogP contribution in [-0.2, 0) is 18.2 Å². The first-order valence-corrected chi connectivity index (χ1v) is 6.34. The van der Waals surface area contributed by atoms with Crippen LogP contribution in [0.15, 0.2) is 48.5 Å². The predicted octanol–water partition coefficient (Wildman–Crippen LogP) is 4.29. The van der Waals surface area contributed by atoms with Gasteiger partial charge >= 0.3 is 6.18 Å². The maximum Gasteiger partial charge on any atom is 0.416 e. The molecule has 0 aliphatic heterocycles. The smallest absolute Gasteiger partial charge is 0.385 e. The summed E-state index contributed by atoms with van der Waals surface area (Å²) in [6.45, 7) is 1.29. The van der Waals surface area contributed by atoms with Crippen molar-refractivity contribution in [1.82, 2.24) is 0 Å². The first-order chi connectivity index (χ1) is 9.70. The average Bonchev–Trinajstić information content (AvgIpc) is 2.37. The van der Waals surface area contributed by atoms with Crippen LogP contribution in [0.3, 0.4) is 0 Å². The van der Waals surface area contributed by atoms with Crippen molar-refractivity contribution in [3.8, 4) is 0 Å². The van der Waals surface area contributed by atoms with E-state index < -0.39 is 23.2 Å². The highest BCUT2D eigenvalue weighted by Crippen LogP contribution is 2.37. The van der Waals surface area contributed by atoms with E-state index in [1.807, 2.05) is 0 Å². The van der Waals surface area contributed by atoms with Crippen LogP contribution < -0.4 is 0 Å². The van der Waals surface area contributed by atoms with Gasteiger partial charge in [0.05, 0.1) is 11.2 Å². The lowest BCUT2D eigenvalue weighted by Gasteiger charge is -2.27. The Kier molecular flexibility index (Phi) is 4.05. The Labute approximate surface area is 119 Å². The molecule has 0 aliphatic rings. The van der Waals surface area contributed by atoms with Gasteiger partial charge in [-0.3, -0.25) is 0 Å². The van der Waals surface area contributed by atoms with Gasteiger partial charge < -0.3 is 5.11 Å². The molecule has 2 aromatic rings. The van der Waals surface area contributed by atoms with E-state index in [0.29, 0.717) is 5.56 Å². The van der Waals surface area contributed by atoms with Crippen molar-refractivity contribution in [3.63, 3.8) is 0 Å². The summed E-state index contributed by atoms with van der Waals surface area (Å²) in [6.07, 6.45) is -4.67. The van der Waals surface area contributed by atoms with Crippen LogP contribution in [0, 0.1) is 5.82 Å². The van der Waals surface area contributed by atoms with Crippen LogP contribution in [0.5, 0.6) is 0 Å². The molecule has 1 atom stereocenters. The highest BCUT2D eigenvalue weighted by atomic mass is 19.4. The highest BCUT2D eigenvalue weighted by molar-refractivity contribution is 5.35. The van der Waals surface area contributed by atoms with E-state index >= 15 is 0 Å². The number of halogens is 4. The Hall–Kier alpha value is -1.88. The number of hydrogen-bond acceptors (Lipinski definition) is 1. The molecule has 0 radical (unpaired) electrons. The topological polar surface area (TPSA) is 20.2 Å². The van der Waals surface area contributed by atoms with Gasteiger partial charge in [0.15, 0.2) is 0 Å². The standard InChI is InChI=1S/C16H14F4O/c1-15(21,10-11-5-4-6-12(17)9-11)13-7-2-3-8-14(13)16(18,19)20/h2-9,21H,10H2,1H3. The zero-order valence-corrected chi connectivity index (χ0v) is 11.3. The first-order valence-electron chi connectivity index (χ1n) is 6.34. The van der Waals surface area contributed by atoms with E-state index in [-0.39, 0.29) is 12.0 Å². The van der Waals surface area contributed by atoms with E-state index in [1.54, 1.807) is 6.07 Å². The van der Waals surface area contributed by atoms with Crippen molar-refractivity contribution in [3.05, 3.63) is 71.0 Å². The molecule has 2 rings (SSSR count). The fourth-order valence-electron chi connectivity index (χ4n) is 2.34. The molecule has 0 fully saturated rings. The molecular weight excluding hydrogens is 284 g/mol. The lowest BCUT2D eigenvalue weighted by molar-refractivity contribution is -0.140. The fraction of sp³-hybridized carbons (Fsp3) is 0.250. The minimum absolute atomic E-state index is 0.113. The van der Waals surface area contributed by atoms with E-state index in [1.165, 1.54) is 43.3 Å². The number of aliphatic hydroxyl groups is 1. The number of rotatable bonds is 3. The molecule has 0 saturated heterocycles. The Bertz CT molecular complexity index is 632. The zero-order chi connectivity index (χ0) is 15.7. The molecule has 0 aromatic heterocycles. The fourth-order valence-corrected chi connectivity index (χ4v) is 2.34. The van der Waals surface area contributed by atoms with Crippen LogP contribution in [0.2, 0.25) is 0 Å². The average molecular weight is 298 g/mol. The summed E-state index contributed by atoms with van der Waals surface area (Å²) >= 11 is 0. The van der Waals surface area contributed by atoms with Crippen molar-refractivity contribution in [2.75, 3.05) is 0 Å². The Morgan fingerprint density at radius 2 is 1.57 bits per heavy atom. The molecule has 112 valence electrons. The van der Waals surface area contributed by atoms with Gasteiger partial charge in [-0.25, -0.2) is 4.39 Å². The largest absolute Gasteiger partial charge is 0.416 e. The third kappa shape index (κ3) is 3.61. The molecule has 1 nitrogen and oxygen atoms in total. The molecule has 21 heavy (non-hydrogen) atoms. The van der Waals surface area contributed by atoms with E-state index in [2.05, 4.69) is 0 Å².